The molecule has 4 heteroatoms. The number of nitrogens with zero attached hydrogens (tertiary/aromatic N) is 1. The SMILES string of the molecule is COc1ncccc1C(Cc1cc(C)ccc1C)NN. The highest BCUT2D eigenvalue weighted by Gasteiger charge is 2.17. The summed E-state index contributed by atoms with van der Waals surface area (Å²) in [5.41, 5.74) is 7.63. The van der Waals surface area contributed by atoms with Gasteiger partial charge in [-0.15, -0.1) is 0 Å². The van der Waals surface area contributed by atoms with E-state index in [2.05, 4.69) is 42.5 Å². The smallest absolute Gasteiger partial charge is 0.217 e. The molecule has 0 aliphatic carbocycles. The number of methoxy groups -OCH3 is 1. The molecule has 0 aliphatic rings. The summed E-state index contributed by atoms with van der Waals surface area (Å²) in [7, 11) is 1.62. The lowest BCUT2D eigenvalue weighted by Gasteiger charge is -2.19. The first-order valence-corrected chi connectivity index (χ1v) is 6.67. The second-order valence-corrected chi connectivity index (χ2v) is 4.96. The van der Waals surface area contributed by atoms with Gasteiger partial charge in [-0.05, 0) is 37.5 Å². The largest absolute Gasteiger partial charge is 0.481 e. The Morgan fingerprint density at radius 2 is 2.10 bits per heavy atom. The Morgan fingerprint density at radius 3 is 2.80 bits per heavy atom. The second-order valence-electron chi connectivity index (χ2n) is 4.96. The maximum atomic E-state index is 5.73. The number of nitrogens with two attached hydrogens (primary N) is 1. The fourth-order valence-corrected chi connectivity index (χ4v) is 2.34. The zero-order chi connectivity index (χ0) is 14.5. The van der Waals surface area contributed by atoms with Crippen molar-refractivity contribution in [2.75, 3.05) is 7.11 Å². The summed E-state index contributed by atoms with van der Waals surface area (Å²) >= 11 is 0. The fourth-order valence-electron chi connectivity index (χ4n) is 2.34. The van der Waals surface area contributed by atoms with E-state index in [0.29, 0.717) is 5.88 Å². The minimum absolute atomic E-state index is 0.0286. The molecule has 0 aliphatic heterocycles. The van der Waals surface area contributed by atoms with E-state index in [1.165, 1.54) is 16.7 Å². The molecule has 0 bridgehead atoms. The van der Waals surface area contributed by atoms with Gasteiger partial charge in [0.1, 0.15) is 0 Å². The van der Waals surface area contributed by atoms with Gasteiger partial charge in [0.05, 0.1) is 13.2 Å². The summed E-state index contributed by atoms with van der Waals surface area (Å²) in [5.74, 6) is 6.34. The monoisotopic (exact) mass is 271 g/mol. The first-order chi connectivity index (χ1) is 9.65. The van der Waals surface area contributed by atoms with E-state index in [1.807, 2.05) is 12.1 Å². The Hall–Kier alpha value is -1.91. The van der Waals surface area contributed by atoms with Gasteiger partial charge in [0.2, 0.25) is 5.88 Å². The minimum atomic E-state index is -0.0286. The van der Waals surface area contributed by atoms with Crippen molar-refractivity contribution < 1.29 is 4.74 Å². The highest BCUT2D eigenvalue weighted by Crippen LogP contribution is 2.26. The van der Waals surface area contributed by atoms with Gasteiger partial charge in [-0.3, -0.25) is 11.3 Å². The third-order valence-electron chi connectivity index (χ3n) is 3.50. The summed E-state index contributed by atoms with van der Waals surface area (Å²) in [6, 6.07) is 10.3. The van der Waals surface area contributed by atoms with E-state index in [0.717, 1.165) is 12.0 Å². The molecule has 1 aromatic heterocycles. The zero-order valence-corrected chi connectivity index (χ0v) is 12.2. The lowest BCUT2D eigenvalue weighted by Crippen LogP contribution is -2.30. The van der Waals surface area contributed by atoms with Crippen molar-refractivity contribution in [3.63, 3.8) is 0 Å². The third-order valence-corrected chi connectivity index (χ3v) is 3.50. The van der Waals surface area contributed by atoms with Crippen LogP contribution in [-0.4, -0.2) is 12.1 Å². The van der Waals surface area contributed by atoms with Gasteiger partial charge in [-0.2, -0.15) is 0 Å². The summed E-state index contributed by atoms with van der Waals surface area (Å²) in [6.45, 7) is 4.21. The van der Waals surface area contributed by atoms with Crippen LogP contribution < -0.4 is 16.0 Å². The molecule has 2 rings (SSSR count). The molecule has 0 amide bonds. The summed E-state index contributed by atoms with van der Waals surface area (Å²) < 4.78 is 5.31. The second kappa shape index (κ2) is 6.50. The Balaban J connectivity index is 2.31. The molecule has 0 radical (unpaired) electrons. The van der Waals surface area contributed by atoms with Crippen LogP contribution in [0.15, 0.2) is 36.5 Å². The van der Waals surface area contributed by atoms with Gasteiger partial charge >= 0.3 is 0 Å². The molecule has 1 atom stereocenters. The number of nitrogens with one attached hydrogen (secondary N) is 1. The third kappa shape index (κ3) is 3.15. The molecule has 3 N–H and O–H groups in total. The Bertz CT molecular complexity index is 584. The number of hydrogen-bond donors (Lipinski definition) is 2. The number of benzene rings is 1. The van der Waals surface area contributed by atoms with E-state index in [9.17, 15) is 0 Å². The van der Waals surface area contributed by atoms with Gasteiger partial charge in [-0.1, -0.05) is 29.8 Å². The number of hydrazine groups is 1. The maximum absolute atomic E-state index is 5.73. The molecule has 0 saturated carbocycles. The average molecular weight is 271 g/mol. The highest BCUT2D eigenvalue weighted by atomic mass is 16.5. The molecule has 1 heterocycles. The van der Waals surface area contributed by atoms with E-state index >= 15 is 0 Å². The quantitative estimate of drug-likeness (QED) is 0.648. The predicted molar refractivity (Wildman–Crippen MR) is 80.5 cm³/mol. The topological polar surface area (TPSA) is 60.2 Å². The zero-order valence-electron chi connectivity index (χ0n) is 12.2. The molecule has 20 heavy (non-hydrogen) atoms. The normalized spacial score (nSPS) is 12.2. The number of aryl methyl sites for hydroxylation is 2. The molecule has 0 fully saturated rings. The van der Waals surface area contributed by atoms with Crippen molar-refractivity contribution in [3.8, 4) is 5.88 Å². The number of ether oxygens (including phenoxy) is 1. The van der Waals surface area contributed by atoms with Gasteiger partial charge in [0.15, 0.2) is 0 Å². The van der Waals surface area contributed by atoms with E-state index in [1.54, 1.807) is 13.3 Å². The van der Waals surface area contributed by atoms with Crippen LogP contribution in [0.1, 0.15) is 28.3 Å². The van der Waals surface area contributed by atoms with Crippen molar-refractivity contribution in [3.05, 3.63) is 58.8 Å². The molecule has 2 aromatic rings. The van der Waals surface area contributed by atoms with Crippen LogP contribution in [0.4, 0.5) is 0 Å². The van der Waals surface area contributed by atoms with E-state index < -0.39 is 0 Å². The van der Waals surface area contributed by atoms with Crippen LogP contribution in [0.3, 0.4) is 0 Å². The maximum Gasteiger partial charge on any atom is 0.217 e. The molecule has 0 saturated heterocycles. The number of rotatable bonds is 5. The standard InChI is InChI=1S/C16H21N3O/c1-11-6-7-12(2)13(9-11)10-15(19-17)14-5-4-8-18-16(14)20-3/h4-9,15,19H,10,17H2,1-3H3. The van der Waals surface area contributed by atoms with Crippen LogP contribution in [0, 0.1) is 13.8 Å². The van der Waals surface area contributed by atoms with Gasteiger partial charge in [0.25, 0.3) is 0 Å². The van der Waals surface area contributed by atoms with E-state index in [-0.39, 0.29) is 6.04 Å². The number of pyridine rings is 1. The van der Waals surface area contributed by atoms with Crippen molar-refractivity contribution in [1.82, 2.24) is 10.4 Å². The summed E-state index contributed by atoms with van der Waals surface area (Å²) in [5, 5.41) is 0. The number of aromatic nitrogens is 1. The molecular weight excluding hydrogens is 250 g/mol. The van der Waals surface area contributed by atoms with Crippen LogP contribution in [-0.2, 0) is 6.42 Å². The minimum Gasteiger partial charge on any atom is -0.481 e. The molecular formula is C16H21N3O. The van der Waals surface area contributed by atoms with Gasteiger partial charge in [0, 0.05) is 11.8 Å². The summed E-state index contributed by atoms with van der Waals surface area (Å²) in [6.07, 6.45) is 2.51. The van der Waals surface area contributed by atoms with Crippen molar-refractivity contribution >= 4 is 0 Å². The lowest BCUT2D eigenvalue weighted by molar-refractivity contribution is 0.382. The summed E-state index contributed by atoms with van der Waals surface area (Å²) in [4.78, 5) is 4.23. The van der Waals surface area contributed by atoms with Crippen molar-refractivity contribution in [2.45, 2.75) is 26.3 Å². The van der Waals surface area contributed by atoms with Crippen LogP contribution in [0.25, 0.3) is 0 Å². The highest BCUT2D eigenvalue weighted by molar-refractivity contribution is 5.35. The Kier molecular flexibility index (Phi) is 4.71. The predicted octanol–water partition coefficient (Wildman–Crippen LogP) is 2.45. The van der Waals surface area contributed by atoms with Crippen LogP contribution in [0.5, 0.6) is 5.88 Å². The lowest BCUT2D eigenvalue weighted by atomic mass is 9.96. The fraction of sp³-hybridized carbons (Fsp3) is 0.312. The van der Waals surface area contributed by atoms with Gasteiger partial charge < -0.3 is 4.74 Å². The Labute approximate surface area is 120 Å². The molecule has 106 valence electrons. The molecule has 0 spiro atoms. The van der Waals surface area contributed by atoms with Crippen LogP contribution >= 0.6 is 0 Å². The molecule has 1 unspecified atom stereocenters. The van der Waals surface area contributed by atoms with Crippen molar-refractivity contribution in [1.29, 1.82) is 0 Å². The van der Waals surface area contributed by atoms with Gasteiger partial charge in [-0.25, -0.2) is 4.98 Å². The first-order valence-electron chi connectivity index (χ1n) is 6.67. The molecule has 1 aromatic carbocycles. The Morgan fingerprint density at radius 1 is 1.30 bits per heavy atom. The average Bonchev–Trinajstić information content (AvgIpc) is 2.48. The van der Waals surface area contributed by atoms with Crippen molar-refractivity contribution in [2.24, 2.45) is 5.84 Å². The van der Waals surface area contributed by atoms with E-state index in [4.69, 9.17) is 10.6 Å². The first kappa shape index (κ1) is 14.5. The molecule has 4 nitrogen and oxygen atoms in total. The van der Waals surface area contributed by atoms with Crippen LogP contribution in [0.2, 0.25) is 0 Å². The number of hydrogen-bond acceptors (Lipinski definition) is 4.